The quantitative estimate of drug-likeness (QED) is 0.807. The molecule has 1 N–H and O–H groups in total. The van der Waals surface area contributed by atoms with Crippen LogP contribution in [0.2, 0.25) is 0 Å². The average molecular weight is 210 g/mol. The number of benzene rings is 1. The molecule has 0 unspecified atom stereocenters. The number of aliphatic hydroxyl groups is 1. The molecule has 74 valence electrons. The SMILES string of the molecule is CCc1cc(CO)c2scc(F)c2c1. The van der Waals surface area contributed by atoms with Gasteiger partial charge in [-0.15, -0.1) is 11.3 Å². The minimum Gasteiger partial charge on any atom is -0.392 e. The lowest BCUT2D eigenvalue weighted by atomic mass is 10.1. The van der Waals surface area contributed by atoms with E-state index in [1.54, 1.807) is 0 Å². The van der Waals surface area contributed by atoms with Gasteiger partial charge in [-0.1, -0.05) is 13.0 Å². The van der Waals surface area contributed by atoms with E-state index < -0.39 is 0 Å². The zero-order chi connectivity index (χ0) is 10.1. The number of thiophene rings is 1. The molecule has 0 amide bonds. The predicted octanol–water partition coefficient (Wildman–Crippen LogP) is 3.10. The van der Waals surface area contributed by atoms with Gasteiger partial charge in [0.15, 0.2) is 0 Å². The zero-order valence-electron chi connectivity index (χ0n) is 7.88. The van der Waals surface area contributed by atoms with E-state index in [1.807, 2.05) is 19.1 Å². The van der Waals surface area contributed by atoms with Crippen LogP contribution >= 0.6 is 11.3 Å². The van der Waals surface area contributed by atoms with Gasteiger partial charge in [0, 0.05) is 15.5 Å². The first-order valence-electron chi connectivity index (χ1n) is 4.55. The number of hydrogen-bond donors (Lipinski definition) is 1. The van der Waals surface area contributed by atoms with Crippen LogP contribution in [0.5, 0.6) is 0 Å². The second-order valence-electron chi connectivity index (χ2n) is 3.23. The number of aliphatic hydroxyl groups excluding tert-OH is 1. The summed E-state index contributed by atoms with van der Waals surface area (Å²) in [6.45, 7) is 2.00. The fourth-order valence-corrected chi connectivity index (χ4v) is 2.47. The molecule has 1 heterocycles. The lowest BCUT2D eigenvalue weighted by molar-refractivity contribution is 0.283. The summed E-state index contributed by atoms with van der Waals surface area (Å²) in [6, 6.07) is 3.80. The Morgan fingerprint density at radius 1 is 1.43 bits per heavy atom. The molecule has 14 heavy (non-hydrogen) atoms. The smallest absolute Gasteiger partial charge is 0.141 e. The van der Waals surface area contributed by atoms with Crippen LogP contribution in [0.25, 0.3) is 10.1 Å². The van der Waals surface area contributed by atoms with Crippen molar-refractivity contribution in [3.05, 3.63) is 34.5 Å². The first kappa shape index (κ1) is 9.62. The molecule has 3 heteroatoms. The van der Waals surface area contributed by atoms with Gasteiger partial charge in [-0.05, 0) is 23.6 Å². The normalized spacial score (nSPS) is 11.1. The molecule has 1 aromatic heterocycles. The van der Waals surface area contributed by atoms with Crippen LogP contribution in [-0.2, 0) is 13.0 Å². The van der Waals surface area contributed by atoms with E-state index in [-0.39, 0.29) is 12.4 Å². The summed E-state index contributed by atoms with van der Waals surface area (Å²) in [5.41, 5.74) is 1.90. The highest BCUT2D eigenvalue weighted by atomic mass is 32.1. The summed E-state index contributed by atoms with van der Waals surface area (Å²) in [6.07, 6.45) is 0.859. The Kier molecular flexibility index (Phi) is 2.52. The van der Waals surface area contributed by atoms with Crippen molar-refractivity contribution in [3.8, 4) is 0 Å². The summed E-state index contributed by atoms with van der Waals surface area (Å²) < 4.78 is 14.2. The fourth-order valence-electron chi connectivity index (χ4n) is 1.57. The highest BCUT2D eigenvalue weighted by Gasteiger charge is 2.08. The van der Waals surface area contributed by atoms with Crippen LogP contribution in [0.15, 0.2) is 17.5 Å². The Morgan fingerprint density at radius 2 is 2.21 bits per heavy atom. The van der Waals surface area contributed by atoms with Crippen LogP contribution in [0, 0.1) is 5.82 Å². The second-order valence-corrected chi connectivity index (χ2v) is 4.11. The van der Waals surface area contributed by atoms with E-state index in [2.05, 4.69) is 0 Å². The molecular weight excluding hydrogens is 199 g/mol. The van der Waals surface area contributed by atoms with Gasteiger partial charge in [-0.2, -0.15) is 0 Å². The van der Waals surface area contributed by atoms with Crippen LogP contribution in [0.4, 0.5) is 4.39 Å². The van der Waals surface area contributed by atoms with Crippen LogP contribution in [0.3, 0.4) is 0 Å². The van der Waals surface area contributed by atoms with Gasteiger partial charge in [-0.3, -0.25) is 0 Å². The molecule has 0 aliphatic rings. The molecule has 2 aromatic rings. The van der Waals surface area contributed by atoms with E-state index in [0.29, 0.717) is 5.39 Å². The van der Waals surface area contributed by atoms with Crippen molar-refractivity contribution >= 4 is 21.4 Å². The van der Waals surface area contributed by atoms with Crippen molar-refractivity contribution in [2.75, 3.05) is 0 Å². The van der Waals surface area contributed by atoms with Crippen molar-refractivity contribution in [2.24, 2.45) is 0 Å². The topological polar surface area (TPSA) is 20.2 Å². The third kappa shape index (κ3) is 1.42. The van der Waals surface area contributed by atoms with Gasteiger partial charge in [-0.25, -0.2) is 4.39 Å². The second kappa shape index (κ2) is 3.67. The molecule has 0 aliphatic heterocycles. The molecule has 0 saturated heterocycles. The van der Waals surface area contributed by atoms with E-state index in [0.717, 1.165) is 22.2 Å². The Labute approximate surface area is 85.8 Å². The molecule has 0 bridgehead atoms. The average Bonchev–Trinajstić information content (AvgIpc) is 2.59. The molecule has 0 radical (unpaired) electrons. The number of hydrogen-bond acceptors (Lipinski definition) is 2. The number of halogens is 1. The van der Waals surface area contributed by atoms with Crippen LogP contribution < -0.4 is 0 Å². The van der Waals surface area contributed by atoms with Gasteiger partial charge in [0.2, 0.25) is 0 Å². The summed E-state index contributed by atoms with van der Waals surface area (Å²) in [7, 11) is 0. The maximum Gasteiger partial charge on any atom is 0.141 e. The molecule has 0 saturated carbocycles. The Hall–Kier alpha value is -0.930. The van der Waals surface area contributed by atoms with E-state index in [1.165, 1.54) is 16.7 Å². The highest BCUT2D eigenvalue weighted by Crippen LogP contribution is 2.29. The Bertz CT molecular complexity index is 462. The predicted molar refractivity (Wildman–Crippen MR) is 57.1 cm³/mol. The van der Waals surface area contributed by atoms with Crippen molar-refractivity contribution in [1.82, 2.24) is 0 Å². The maximum atomic E-state index is 13.3. The molecule has 0 spiro atoms. The van der Waals surface area contributed by atoms with Gasteiger partial charge in [0.05, 0.1) is 6.61 Å². The van der Waals surface area contributed by atoms with Crippen molar-refractivity contribution < 1.29 is 9.50 Å². The molecular formula is C11H11FOS. The fraction of sp³-hybridized carbons (Fsp3) is 0.273. The largest absolute Gasteiger partial charge is 0.392 e. The first-order valence-corrected chi connectivity index (χ1v) is 5.43. The Morgan fingerprint density at radius 3 is 2.86 bits per heavy atom. The lowest BCUT2D eigenvalue weighted by Gasteiger charge is -2.02. The van der Waals surface area contributed by atoms with Gasteiger partial charge in [0.1, 0.15) is 5.82 Å². The molecule has 1 nitrogen and oxygen atoms in total. The summed E-state index contributed by atoms with van der Waals surface area (Å²) in [4.78, 5) is 0. The highest BCUT2D eigenvalue weighted by molar-refractivity contribution is 7.17. The van der Waals surface area contributed by atoms with Crippen molar-refractivity contribution in [3.63, 3.8) is 0 Å². The zero-order valence-corrected chi connectivity index (χ0v) is 8.70. The van der Waals surface area contributed by atoms with E-state index >= 15 is 0 Å². The van der Waals surface area contributed by atoms with Crippen molar-refractivity contribution in [2.45, 2.75) is 20.0 Å². The van der Waals surface area contributed by atoms with E-state index in [9.17, 15) is 4.39 Å². The number of rotatable bonds is 2. The summed E-state index contributed by atoms with van der Waals surface area (Å²) in [5, 5.41) is 11.3. The monoisotopic (exact) mass is 210 g/mol. The number of aryl methyl sites for hydroxylation is 1. The summed E-state index contributed by atoms with van der Waals surface area (Å²) in [5.74, 6) is -0.185. The molecule has 2 rings (SSSR count). The van der Waals surface area contributed by atoms with Gasteiger partial charge < -0.3 is 5.11 Å². The van der Waals surface area contributed by atoms with Crippen molar-refractivity contribution in [1.29, 1.82) is 0 Å². The third-order valence-electron chi connectivity index (χ3n) is 2.34. The summed E-state index contributed by atoms with van der Waals surface area (Å²) >= 11 is 1.35. The standard InChI is InChI=1S/C11H11FOS/c1-2-7-3-8(5-13)11-9(4-7)10(12)6-14-11/h3-4,6,13H,2,5H2,1H3. The molecule has 0 fully saturated rings. The van der Waals surface area contributed by atoms with Gasteiger partial charge >= 0.3 is 0 Å². The minimum atomic E-state index is -0.185. The first-order chi connectivity index (χ1) is 6.76. The van der Waals surface area contributed by atoms with Crippen LogP contribution in [-0.4, -0.2) is 5.11 Å². The number of fused-ring (bicyclic) bond motifs is 1. The maximum absolute atomic E-state index is 13.3. The molecule has 0 atom stereocenters. The minimum absolute atomic E-state index is 0.0235. The molecule has 1 aromatic carbocycles. The van der Waals surface area contributed by atoms with Gasteiger partial charge in [0.25, 0.3) is 0 Å². The van der Waals surface area contributed by atoms with Crippen LogP contribution in [0.1, 0.15) is 18.1 Å². The van der Waals surface area contributed by atoms with E-state index in [4.69, 9.17) is 5.11 Å². The molecule has 0 aliphatic carbocycles. The Balaban J connectivity index is 2.76. The lowest BCUT2D eigenvalue weighted by Crippen LogP contribution is -1.88. The third-order valence-corrected chi connectivity index (χ3v) is 3.38.